The van der Waals surface area contributed by atoms with Gasteiger partial charge in [0, 0.05) is 6.07 Å². The van der Waals surface area contributed by atoms with Gasteiger partial charge in [0.1, 0.15) is 17.5 Å². The number of carbonyl (C=O) groups is 1. The number of hydrogen-bond acceptors (Lipinski definition) is 6. The first-order chi connectivity index (χ1) is 9.24. The predicted molar refractivity (Wildman–Crippen MR) is 64.5 cm³/mol. The molecule has 9 nitrogen and oxygen atoms in total. The summed E-state index contributed by atoms with van der Waals surface area (Å²) in [7, 11) is 0. The number of amides is 1. The lowest BCUT2D eigenvalue weighted by Gasteiger charge is -2.03. The van der Waals surface area contributed by atoms with Crippen LogP contribution in [0.2, 0.25) is 0 Å². The van der Waals surface area contributed by atoms with Crippen LogP contribution in [0.5, 0.6) is 0 Å². The van der Waals surface area contributed by atoms with Gasteiger partial charge < -0.3 is 15.3 Å². The number of rotatable bonds is 2. The third-order valence-corrected chi connectivity index (χ3v) is 2.37. The lowest BCUT2D eigenvalue weighted by atomic mass is 10.3. The first-order valence-electron chi connectivity index (χ1n) is 5.24. The van der Waals surface area contributed by atoms with E-state index in [2.05, 4.69) is 35.2 Å². The minimum absolute atomic E-state index is 0.00460. The fourth-order valence-corrected chi connectivity index (χ4v) is 1.52. The fraction of sp³-hybridized carbons (Fsp3) is 0. The van der Waals surface area contributed by atoms with Gasteiger partial charge >= 0.3 is 0 Å². The van der Waals surface area contributed by atoms with Crippen molar-refractivity contribution in [3.05, 3.63) is 41.1 Å². The molecule has 94 valence electrons. The summed E-state index contributed by atoms with van der Waals surface area (Å²) in [5.41, 5.74) is 0.523. The van der Waals surface area contributed by atoms with Crippen molar-refractivity contribution in [2.45, 2.75) is 0 Å². The number of aromatic amines is 2. The zero-order valence-corrected chi connectivity index (χ0v) is 9.41. The molecule has 0 aliphatic heterocycles. The summed E-state index contributed by atoms with van der Waals surface area (Å²) in [4.78, 5) is 43.7. The molecule has 3 heterocycles. The van der Waals surface area contributed by atoms with Crippen LogP contribution in [0.1, 0.15) is 10.5 Å². The molecule has 3 aromatic rings. The summed E-state index contributed by atoms with van der Waals surface area (Å²) in [6, 6.07) is 1.10. The Morgan fingerprint density at radius 2 is 1.95 bits per heavy atom. The van der Waals surface area contributed by atoms with Crippen molar-refractivity contribution < 1.29 is 4.79 Å². The molecule has 0 aliphatic rings. The largest absolute Gasteiger partial charge is 0.340 e. The molecular weight excluding hydrogens is 250 g/mol. The van der Waals surface area contributed by atoms with Gasteiger partial charge in [-0.2, -0.15) is 0 Å². The van der Waals surface area contributed by atoms with Gasteiger partial charge in [0.05, 0.1) is 12.7 Å². The van der Waals surface area contributed by atoms with E-state index in [0.717, 1.165) is 12.4 Å². The number of anilines is 1. The Morgan fingerprint density at radius 1 is 1.11 bits per heavy atom. The molecule has 3 rings (SSSR count). The molecule has 0 aromatic carbocycles. The molecule has 1 amide bonds. The van der Waals surface area contributed by atoms with Crippen LogP contribution < -0.4 is 10.9 Å². The van der Waals surface area contributed by atoms with Gasteiger partial charge in [-0.3, -0.25) is 9.59 Å². The van der Waals surface area contributed by atoms with Crippen molar-refractivity contribution >= 4 is 22.9 Å². The Kier molecular flexibility index (Phi) is 2.49. The van der Waals surface area contributed by atoms with Crippen LogP contribution in [0, 0.1) is 0 Å². The van der Waals surface area contributed by atoms with E-state index in [1.165, 1.54) is 12.7 Å². The number of hydrogen-bond donors (Lipinski definition) is 3. The van der Waals surface area contributed by atoms with Crippen LogP contribution in [0.15, 0.2) is 29.8 Å². The zero-order chi connectivity index (χ0) is 13.2. The monoisotopic (exact) mass is 257 g/mol. The standard InChI is InChI=1S/C10H7N7O2/c18-6-1-5(11-2-12-6)10(19)17-9-7-8(14-3-13-7)15-4-16-9/h1-4H,(H,11,12,18)(H2,13,14,15,16,17,19). The van der Waals surface area contributed by atoms with Crippen LogP contribution in [-0.4, -0.2) is 35.8 Å². The Balaban J connectivity index is 1.95. The molecule has 0 atom stereocenters. The smallest absolute Gasteiger partial charge is 0.275 e. The van der Waals surface area contributed by atoms with Crippen molar-refractivity contribution in [1.29, 1.82) is 0 Å². The van der Waals surface area contributed by atoms with Crippen LogP contribution >= 0.6 is 0 Å². The summed E-state index contributed by atoms with van der Waals surface area (Å²) in [6.45, 7) is 0. The highest BCUT2D eigenvalue weighted by molar-refractivity contribution is 6.05. The maximum atomic E-state index is 11.9. The lowest BCUT2D eigenvalue weighted by molar-refractivity contribution is 0.102. The van der Waals surface area contributed by atoms with Crippen molar-refractivity contribution in [3.8, 4) is 0 Å². The molecule has 9 heteroatoms. The van der Waals surface area contributed by atoms with Crippen molar-refractivity contribution in [3.63, 3.8) is 0 Å². The molecular formula is C10H7N7O2. The molecule has 3 aromatic heterocycles. The maximum Gasteiger partial charge on any atom is 0.275 e. The van der Waals surface area contributed by atoms with Crippen LogP contribution in [0.25, 0.3) is 11.2 Å². The van der Waals surface area contributed by atoms with Crippen molar-refractivity contribution in [2.75, 3.05) is 5.32 Å². The summed E-state index contributed by atoms with van der Waals surface area (Å²) >= 11 is 0. The number of carbonyl (C=O) groups excluding carboxylic acids is 1. The first kappa shape index (κ1) is 11.0. The highest BCUT2D eigenvalue weighted by atomic mass is 16.2. The average Bonchev–Trinajstić information content (AvgIpc) is 2.88. The number of aromatic nitrogens is 6. The normalized spacial score (nSPS) is 10.5. The number of nitrogens with one attached hydrogen (secondary N) is 3. The second kappa shape index (κ2) is 4.29. The Morgan fingerprint density at radius 3 is 2.79 bits per heavy atom. The molecule has 0 saturated carbocycles. The van der Waals surface area contributed by atoms with E-state index in [0.29, 0.717) is 11.2 Å². The Bertz CT molecular complexity index is 806. The third kappa shape index (κ3) is 2.04. The molecule has 0 radical (unpaired) electrons. The van der Waals surface area contributed by atoms with Gasteiger partial charge in [-0.05, 0) is 0 Å². The van der Waals surface area contributed by atoms with Gasteiger partial charge in [-0.25, -0.2) is 19.9 Å². The lowest BCUT2D eigenvalue weighted by Crippen LogP contribution is -2.18. The summed E-state index contributed by atoms with van der Waals surface area (Å²) in [5, 5.41) is 2.54. The molecule has 0 aliphatic carbocycles. The van der Waals surface area contributed by atoms with E-state index < -0.39 is 11.5 Å². The molecule has 0 saturated heterocycles. The fourth-order valence-electron chi connectivity index (χ4n) is 1.52. The molecule has 0 bridgehead atoms. The highest BCUT2D eigenvalue weighted by Gasteiger charge is 2.12. The van der Waals surface area contributed by atoms with Crippen LogP contribution in [0.4, 0.5) is 5.82 Å². The van der Waals surface area contributed by atoms with Crippen molar-refractivity contribution in [1.82, 2.24) is 29.9 Å². The maximum absolute atomic E-state index is 11.9. The van der Waals surface area contributed by atoms with Gasteiger partial charge in [0.25, 0.3) is 11.5 Å². The van der Waals surface area contributed by atoms with E-state index in [1.807, 2.05) is 0 Å². The van der Waals surface area contributed by atoms with E-state index in [9.17, 15) is 9.59 Å². The molecule has 0 spiro atoms. The Hall–Kier alpha value is -3.10. The quantitative estimate of drug-likeness (QED) is 0.577. The summed E-state index contributed by atoms with van der Waals surface area (Å²) in [6.07, 6.45) is 3.88. The van der Waals surface area contributed by atoms with E-state index in [4.69, 9.17) is 0 Å². The highest BCUT2D eigenvalue weighted by Crippen LogP contribution is 2.14. The van der Waals surface area contributed by atoms with Gasteiger partial charge in [-0.15, -0.1) is 0 Å². The summed E-state index contributed by atoms with van der Waals surface area (Å²) < 4.78 is 0. The number of H-pyrrole nitrogens is 2. The van der Waals surface area contributed by atoms with E-state index in [-0.39, 0.29) is 11.5 Å². The van der Waals surface area contributed by atoms with E-state index >= 15 is 0 Å². The average molecular weight is 257 g/mol. The molecule has 19 heavy (non-hydrogen) atoms. The van der Waals surface area contributed by atoms with Crippen LogP contribution in [-0.2, 0) is 0 Å². The topological polar surface area (TPSA) is 129 Å². The molecule has 0 unspecified atom stereocenters. The zero-order valence-electron chi connectivity index (χ0n) is 9.41. The van der Waals surface area contributed by atoms with Gasteiger partial charge in [0.15, 0.2) is 11.5 Å². The third-order valence-electron chi connectivity index (χ3n) is 2.37. The Labute approximate surface area is 105 Å². The van der Waals surface area contributed by atoms with Gasteiger partial charge in [-0.1, -0.05) is 0 Å². The van der Waals surface area contributed by atoms with Crippen molar-refractivity contribution in [2.24, 2.45) is 0 Å². The second-order valence-corrected chi connectivity index (χ2v) is 3.57. The SMILES string of the molecule is O=C(Nc1ncnc2nc[nH]c12)c1cc(=O)[nH]cn1. The predicted octanol–water partition coefficient (Wildman–Crippen LogP) is -0.312. The minimum Gasteiger partial charge on any atom is -0.340 e. The minimum atomic E-state index is -0.541. The van der Waals surface area contributed by atoms with Crippen LogP contribution in [0.3, 0.4) is 0 Å². The second-order valence-electron chi connectivity index (χ2n) is 3.57. The first-order valence-corrected chi connectivity index (χ1v) is 5.24. The van der Waals surface area contributed by atoms with E-state index in [1.54, 1.807) is 0 Å². The molecule has 0 fully saturated rings. The molecule has 3 N–H and O–H groups in total. The number of imidazole rings is 1. The number of nitrogens with zero attached hydrogens (tertiary/aromatic N) is 4. The van der Waals surface area contributed by atoms with Gasteiger partial charge in [0.2, 0.25) is 0 Å². The summed E-state index contributed by atoms with van der Waals surface area (Å²) in [5.74, 6) is -0.268. The number of fused-ring (bicyclic) bond motifs is 1.